The number of rotatable bonds is 2. The molecule has 0 heterocycles. The van der Waals surface area contributed by atoms with Crippen LogP contribution in [0.15, 0.2) is 12.7 Å². The second-order valence-corrected chi connectivity index (χ2v) is 4.05. The van der Waals surface area contributed by atoms with Gasteiger partial charge in [0.1, 0.15) is 5.60 Å². The minimum absolute atomic E-state index is 0.415. The third-order valence-electron chi connectivity index (χ3n) is 3.24. The van der Waals surface area contributed by atoms with E-state index in [1.54, 1.807) is 0 Å². The Morgan fingerprint density at radius 2 is 2.46 bits per heavy atom. The summed E-state index contributed by atoms with van der Waals surface area (Å²) in [4.78, 5) is 11.0. The van der Waals surface area contributed by atoms with Gasteiger partial charge in [-0.25, -0.2) is 4.79 Å². The minimum Gasteiger partial charge on any atom is -0.453 e. The molecule has 0 spiro atoms. The summed E-state index contributed by atoms with van der Waals surface area (Å²) >= 11 is 0. The molecule has 3 heteroatoms. The summed E-state index contributed by atoms with van der Waals surface area (Å²) in [6.45, 7) is 3.35. The van der Waals surface area contributed by atoms with E-state index in [0.29, 0.717) is 5.92 Å². The molecule has 2 fully saturated rings. The lowest BCUT2D eigenvalue weighted by Gasteiger charge is -2.30. The lowest BCUT2D eigenvalue weighted by Crippen LogP contribution is -2.41. The van der Waals surface area contributed by atoms with Crippen LogP contribution in [0.3, 0.4) is 0 Å². The van der Waals surface area contributed by atoms with Crippen LogP contribution in [0.4, 0.5) is 0 Å². The largest absolute Gasteiger partial charge is 0.453 e. The molecule has 2 rings (SSSR count). The van der Waals surface area contributed by atoms with Crippen LogP contribution in [0.2, 0.25) is 0 Å². The Morgan fingerprint density at radius 3 is 2.92 bits per heavy atom. The first-order chi connectivity index (χ1) is 6.16. The van der Waals surface area contributed by atoms with Crippen molar-refractivity contribution in [2.45, 2.75) is 37.4 Å². The smallest absolute Gasteiger partial charge is 0.330 e. The molecule has 3 nitrogen and oxygen atoms in total. The van der Waals surface area contributed by atoms with Crippen molar-refractivity contribution < 1.29 is 14.6 Å². The summed E-state index contributed by atoms with van der Waals surface area (Å²) in [6.07, 6.45) is 4.18. The van der Waals surface area contributed by atoms with Crippen LogP contribution in [-0.2, 0) is 9.53 Å². The van der Waals surface area contributed by atoms with E-state index in [2.05, 4.69) is 6.58 Å². The second-order valence-electron chi connectivity index (χ2n) is 4.05. The zero-order valence-corrected chi connectivity index (χ0v) is 7.53. The molecule has 0 aromatic carbocycles. The molecule has 0 aromatic rings. The summed E-state index contributed by atoms with van der Waals surface area (Å²) in [6, 6.07) is 0. The van der Waals surface area contributed by atoms with Gasteiger partial charge in [0, 0.05) is 6.08 Å². The topological polar surface area (TPSA) is 46.5 Å². The summed E-state index contributed by atoms with van der Waals surface area (Å²) in [7, 11) is 0. The van der Waals surface area contributed by atoms with Gasteiger partial charge in [-0.05, 0) is 31.6 Å². The molecule has 0 radical (unpaired) electrons. The van der Waals surface area contributed by atoms with Crippen LogP contribution in [0.5, 0.6) is 0 Å². The van der Waals surface area contributed by atoms with Gasteiger partial charge < -0.3 is 9.84 Å². The molecule has 2 aliphatic carbocycles. The predicted molar refractivity (Wildman–Crippen MR) is 47.0 cm³/mol. The lowest BCUT2D eigenvalue weighted by atomic mass is 9.94. The zero-order chi connectivity index (χ0) is 9.47. The first-order valence-corrected chi connectivity index (χ1v) is 4.70. The second kappa shape index (κ2) is 2.84. The van der Waals surface area contributed by atoms with Crippen molar-refractivity contribution in [1.29, 1.82) is 0 Å². The SMILES string of the molecule is C=CC(=O)OC12CCC(CC1O)C2. The number of ether oxygens (including phenoxy) is 1. The third-order valence-corrected chi connectivity index (χ3v) is 3.24. The number of hydrogen-bond donors (Lipinski definition) is 1. The molecular formula is C10H14O3. The Morgan fingerprint density at radius 1 is 1.69 bits per heavy atom. The average molecular weight is 182 g/mol. The van der Waals surface area contributed by atoms with Gasteiger partial charge in [0.05, 0.1) is 6.10 Å². The van der Waals surface area contributed by atoms with Crippen molar-refractivity contribution in [2.75, 3.05) is 0 Å². The fraction of sp³-hybridized carbons (Fsp3) is 0.700. The van der Waals surface area contributed by atoms with Crippen LogP contribution in [0.1, 0.15) is 25.7 Å². The van der Waals surface area contributed by atoms with E-state index >= 15 is 0 Å². The van der Waals surface area contributed by atoms with Gasteiger partial charge in [0.15, 0.2) is 0 Å². The van der Waals surface area contributed by atoms with Crippen molar-refractivity contribution in [1.82, 2.24) is 0 Å². The molecule has 3 unspecified atom stereocenters. The number of carbonyl (C=O) groups is 1. The normalized spacial score (nSPS) is 41.9. The van der Waals surface area contributed by atoms with E-state index in [0.717, 1.165) is 31.8 Å². The third kappa shape index (κ3) is 1.27. The summed E-state index contributed by atoms with van der Waals surface area (Å²) in [5.41, 5.74) is -0.573. The highest BCUT2D eigenvalue weighted by Crippen LogP contribution is 2.50. The monoisotopic (exact) mass is 182 g/mol. The Hall–Kier alpha value is -0.830. The standard InChI is InChI=1S/C10H14O3/c1-2-9(12)13-10-4-3-7(6-10)5-8(10)11/h2,7-8,11H,1,3-6H2. The Bertz CT molecular complexity index is 249. The number of fused-ring (bicyclic) bond motifs is 2. The number of hydrogen-bond acceptors (Lipinski definition) is 3. The molecule has 1 N–H and O–H groups in total. The molecular weight excluding hydrogens is 168 g/mol. The summed E-state index contributed by atoms with van der Waals surface area (Å²) in [5.74, 6) is 0.134. The Kier molecular flexibility index (Phi) is 1.91. The predicted octanol–water partition coefficient (Wildman–Crippen LogP) is 1.02. The Labute approximate surface area is 77.4 Å². The van der Waals surface area contributed by atoms with Crippen molar-refractivity contribution in [2.24, 2.45) is 5.92 Å². The number of carbonyl (C=O) groups excluding carboxylic acids is 1. The van der Waals surface area contributed by atoms with E-state index in [9.17, 15) is 9.90 Å². The van der Waals surface area contributed by atoms with Gasteiger partial charge in [-0.3, -0.25) is 0 Å². The van der Waals surface area contributed by atoms with Gasteiger partial charge in [-0.1, -0.05) is 6.58 Å². The maximum atomic E-state index is 11.0. The number of esters is 1. The van der Waals surface area contributed by atoms with E-state index in [-0.39, 0.29) is 0 Å². The molecule has 0 aliphatic heterocycles. The highest BCUT2D eigenvalue weighted by molar-refractivity contribution is 5.81. The molecule has 13 heavy (non-hydrogen) atoms. The molecule has 0 aromatic heterocycles. The quantitative estimate of drug-likeness (QED) is 0.512. The fourth-order valence-corrected chi connectivity index (χ4v) is 2.58. The van der Waals surface area contributed by atoms with Gasteiger partial charge in [0.2, 0.25) is 0 Å². The van der Waals surface area contributed by atoms with E-state index in [4.69, 9.17) is 4.74 Å². The maximum absolute atomic E-state index is 11.0. The lowest BCUT2D eigenvalue weighted by molar-refractivity contribution is -0.163. The molecule has 2 bridgehead atoms. The zero-order valence-electron chi connectivity index (χ0n) is 7.53. The van der Waals surface area contributed by atoms with Gasteiger partial charge in [-0.15, -0.1) is 0 Å². The molecule has 3 atom stereocenters. The average Bonchev–Trinajstić information content (AvgIpc) is 2.61. The van der Waals surface area contributed by atoms with Crippen molar-refractivity contribution in [3.63, 3.8) is 0 Å². The molecule has 2 saturated carbocycles. The van der Waals surface area contributed by atoms with Crippen LogP contribution in [-0.4, -0.2) is 22.8 Å². The van der Waals surface area contributed by atoms with Crippen LogP contribution < -0.4 is 0 Å². The highest BCUT2D eigenvalue weighted by Gasteiger charge is 2.54. The maximum Gasteiger partial charge on any atom is 0.330 e. The molecule has 72 valence electrons. The number of aliphatic hydroxyl groups is 1. The summed E-state index contributed by atoms with van der Waals surface area (Å²) in [5, 5.41) is 9.70. The molecule has 0 saturated heterocycles. The van der Waals surface area contributed by atoms with Crippen molar-refractivity contribution in [3.8, 4) is 0 Å². The van der Waals surface area contributed by atoms with Crippen molar-refractivity contribution >= 4 is 5.97 Å². The van der Waals surface area contributed by atoms with Gasteiger partial charge in [0.25, 0.3) is 0 Å². The minimum atomic E-state index is -0.573. The molecule has 0 amide bonds. The van der Waals surface area contributed by atoms with E-state index < -0.39 is 17.7 Å². The van der Waals surface area contributed by atoms with Crippen LogP contribution in [0, 0.1) is 5.92 Å². The highest BCUT2D eigenvalue weighted by atomic mass is 16.6. The van der Waals surface area contributed by atoms with Crippen molar-refractivity contribution in [3.05, 3.63) is 12.7 Å². The van der Waals surface area contributed by atoms with Crippen LogP contribution >= 0.6 is 0 Å². The van der Waals surface area contributed by atoms with E-state index in [1.165, 1.54) is 0 Å². The first-order valence-electron chi connectivity index (χ1n) is 4.70. The number of aliphatic hydroxyl groups excluding tert-OH is 1. The van der Waals surface area contributed by atoms with Gasteiger partial charge in [-0.2, -0.15) is 0 Å². The first kappa shape index (κ1) is 8.75. The molecule has 2 aliphatic rings. The van der Waals surface area contributed by atoms with Gasteiger partial charge >= 0.3 is 5.97 Å². The summed E-state index contributed by atoms with van der Waals surface area (Å²) < 4.78 is 5.24. The Balaban J connectivity index is 2.10. The fourth-order valence-electron chi connectivity index (χ4n) is 2.58. The van der Waals surface area contributed by atoms with E-state index in [1.807, 2.05) is 0 Å². The van der Waals surface area contributed by atoms with Crippen LogP contribution in [0.25, 0.3) is 0 Å².